The van der Waals surface area contributed by atoms with Crippen LogP contribution in [0.2, 0.25) is 0 Å². The van der Waals surface area contributed by atoms with Gasteiger partial charge in [0, 0.05) is 24.2 Å². The van der Waals surface area contributed by atoms with Crippen molar-refractivity contribution in [2.24, 2.45) is 5.92 Å². The molecule has 10 heteroatoms. The average molecular weight is 537 g/mol. The van der Waals surface area contributed by atoms with Crippen LogP contribution in [0.25, 0.3) is 11.2 Å². The number of aromatic nitrogens is 3. The minimum absolute atomic E-state index is 0.0392. The molecular weight excluding hydrogens is 512 g/mol. The van der Waals surface area contributed by atoms with Gasteiger partial charge in [0.2, 0.25) is 0 Å². The fourth-order valence-corrected chi connectivity index (χ4v) is 4.82. The lowest BCUT2D eigenvalue weighted by Crippen LogP contribution is -2.28. The average Bonchev–Trinajstić information content (AvgIpc) is 3.33. The molecule has 2 aromatic heterocycles. The number of hydrogen-bond acceptors (Lipinski definition) is 5. The molecule has 0 amide bonds. The minimum atomic E-state index is -4.43. The number of hydrogen-bond donors (Lipinski definition) is 1. The van der Waals surface area contributed by atoms with Gasteiger partial charge in [0.05, 0.1) is 18.4 Å². The van der Waals surface area contributed by atoms with Crippen LogP contribution < -0.4 is 14.8 Å². The Morgan fingerprint density at radius 1 is 1.10 bits per heavy atom. The van der Waals surface area contributed by atoms with Crippen molar-refractivity contribution < 1.29 is 27.0 Å². The molecule has 1 N–H and O–H groups in total. The van der Waals surface area contributed by atoms with E-state index in [0.29, 0.717) is 34.8 Å². The lowest BCUT2D eigenvalue weighted by molar-refractivity contribution is -0.137. The van der Waals surface area contributed by atoms with Crippen molar-refractivity contribution in [3.05, 3.63) is 83.1 Å². The summed E-state index contributed by atoms with van der Waals surface area (Å²) in [6.45, 7) is 2.29. The molecule has 2 aliphatic heterocycles. The molecular formula is C29H24F4N4O2. The molecule has 0 saturated carbocycles. The van der Waals surface area contributed by atoms with E-state index >= 15 is 4.39 Å². The zero-order valence-corrected chi connectivity index (χ0v) is 20.8. The number of ether oxygens (including phenoxy) is 2. The van der Waals surface area contributed by atoms with E-state index in [2.05, 4.69) is 27.1 Å². The number of nitrogens with zero attached hydrogens (tertiary/aromatic N) is 3. The van der Waals surface area contributed by atoms with Crippen LogP contribution in [0.1, 0.15) is 41.2 Å². The molecule has 0 radical (unpaired) electrons. The lowest BCUT2D eigenvalue weighted by Gasteiger charge is -2.27. The Morgan fingerprint density at radius 3 is 2.72 bits per heavy atom. The molecule has 2 aromatic carbocycles. The second-order valence-electron chi connectivity index (χ2n) is 9.69. The highest BCUT2D eigenvalue weighted by Crippen LogP contribution is 2.40. The van der Waals surface area contributed by atoms with Crippen molar-refractivity contribution in [1.82, 2.24) is 19.9 Å². The highest BCUT2D eigenvalue weighted by atomic mass is 19.4. The molecule has 0 aliphatic carbocycles. The molecule has 0 spiro atoms. The summed E-state index contributed by atoms with van der Waals surface area (Å²) in [5.74, 6) is 6.39. The van der Waals surface area contributed by atoms with Gasteiger partial charge in [0.1, 0.15) is 12.1 Å². The summed E-state index contributed by atoms with van der Waals surface area (Å²) < 4.78 is 67.0. The van der Waals surface area contributed by atoms with Crippen LogP contribution in [-0.2, 0) is 12.7 Å². The first-order valence-corrected chi connectivity index (χ1v) is 12.7. The van der Waals surface area contributed by atoms with Gasteiger partial charge in [-0.3, -0.25) is 0 Å². The van der Waals surface area contributed by atoms with Gasteiger partial charge in [-0.15, -0.1) is 0 Å². The van der Waals surface area contributed by atoms with Gasteiger partial charge in [-0.25, -0.2) is 14.4 Å². The normalized spacial score (nSPS) is 19.0. The zero-order chi connectivity index (χ0) is 27.0. The molecule has 1 fully saturated rings. The smallest absolute Gasteiger partial charge is 0.416 e. The third kappa shape index (κ3) is 5.40. The minimum Gasteiger partial charge on any atom is -0.485 e. The van der Waals surface area contributed by atoms with Crippen molar-refractivity contribution in [3.8, 4) is 23.3 Å². The quantitative estimate of drug-likeness (QED) is 0.277. The highest BCUT2D eigenvalue weighted by molar-refractivity contribution is 5.72. The standard InChI is InChI=1S/C29H24F4N4O2/c30-23-10-20(12-25-27(23)39-26(16-38-25)21-5-7-22(8-6-21)29(31,32)33)15-37-17-36-24-11-19(14-35-28(24)37)4-3-18-2-1-9-34-13-18/h5-8,10-12,14,17-18,26,34H,1-2,9,13,15-16H2. The molecule has 1 saturated heterocycles. The van der Waals surface area contributed by atoms with Crippen molar-refractivity contribution in [2.75, 3.05) is 19.7 Å². The number of piperidine rings is 1. The van der Waals surface area contributed by atoms with Gasteiger partial charge in [-0.2, -0.15) is 13.2 Å². The van der Waals surface area contributed by atoms with Gasteiger partial charge in [-0.1, -0.05) is 24.0 Å². The topological polar surface area (TPSA) is 61.2 Å². The van der Waals surface area contributed by atoms with E-state index in [4.69, 9.17) is 9.47 Å². The zero-order valence-electron chi connectivity index (χ0n) is 20.8. The van der Waals surface area contributed by atoms with Crippen LogP contribution in [0.15, 0.2) is 55.0 Å². The van der Waals surface area contributed by atoms with E-state index in [1.807, 2.05) is 10.6 Å². The first-order chi connectivity index (χ1) is 18.8. The fourth-order valence-electron chi connectivity index (χ4n) is 4.82. The summed E-state index contributed by atoms with van der Waals surface area (Å²) in [5, 5.41) is 3.35. The van der Waals surface area contributed by atoms with Crippen molar-refractivity contribution >= 4 is 11.2 Å². The number of benzene rings is 2. The van der Waals surface area contributed by atoms with Gasteiger partial charge in [0.25, 0.3) is 0 Å². The van der Waals surface area contributed by atoms with Gasteiger partial charge in [0.15, 0.2) is 29.1 Å². The number of halogens is 4. The number of nitrogens with one attached hydrogen (secondary N) is 1. The second-order valence-corrected chi connectivity index (χ2v) is 9.69. The van der Waals surface area contributed by atoms with Crippen molar-refractivity contribution in [2.45, 2.75) is 31.7 Å². The summed E-state index contributed by atoms with van der Waals surface area (Å²) in [5.41, 5.74) is 2.47. The largest absolute Gasteiger partial charge is 0.485 e. The van der Waals surface area contributed by atoms with Crippen molar-refractivity contribution in [1.29, 1.82) is 0 Å². The summed E-state index contributed by atoms with van der Waals surface area (Å²) in [4.78, 5) is 8.98. The Kier molecular flexibility index (Phi) is 6.61. The van der Waals surface area contributed by atoms with Crippen LogP contribution in [0.3, 0.4) is 0 Å². The van der Waals surface area contributed by atoms with E-state index in [1.165, 1.54) is 18.2 Å². The molecule has 2 aliphatic rings. The van der Waals surface area contributed by atoms with E-state index in [9.17, 15) is 13.2 Å². The van der Waals surface area contributed by atoms with E-state index in [0.717, 1.165) is 43.6 Å². The molecule has 2 unspecified atom stereocenters. The summed E-state index contributed by atoms with van der Waals surface area (Å²) in [7, 11) is 0. The maximum absolute atomic E-state index is 15.1. The number of fused-ring (bicyclic) bond motifs is 2. The molecule has 6 nitrogen and oxygen atoms in total. The molecule has 4 heterocycles. The molecule has 2 atom stereocenters. The number of imidazole rings is 1. The SMILES string of the molecule is Fc1cc(Cn2cnc3cc(C#CC4CCCNC4)cnc32)cc2c1OC(c1ccc(C(F)(F)F)cc1)CO2. The Morgan fingerprint density at radius 2 is 1.95 bits per heavy atom. The number of pyridine rings is 1. The molecule has 0 bridgehead atoms. The Hall–Kier alpha value is -4.10. The first kappa shape index (κ1) is 25.2. The maximum atomic E-state index is 15.1. The van der Waals surface area contributed by atoms with Gasteiger partial charge in [-0.05, 0) is 60.8 Å². The number of rotatable bonds is 3. The summed E-state index contributed by atoms with van der Waals surface area (Å²) in [6.07, 6.45) is 0.419. The van der Waals surface area contributed by atoms with E-state index < -0.39 is 23.7 Å². The molecule has 200 valence electrons. The lowest BCUT2D eigenvalue weighted by atomic mass is 10.00. The van der Waals surface area contributed by atoms with Gasteiger partial charge < -0.3 is 19.4 Å². The summed E-state index contributed by atoms with van der Waals surface area (Å²) >= 11 is 0. The van der Waals surface area contributed by atoms with E-state index in [-0.39, 0.29) is 18.1 Å². The second kappa shape index (κ2) is 10.2. The third-order valence-electron chi connectivity index (χ3n) is 6.86. The Labute approximate surface area is 222 Å². The highest BCUT2D eigenvalue weighted by Gasteiger charge is 2.31. The van der Waals surface area contributed by atoms with Crippen LogP contribution in [0, 0.1) is 23.6 Å². The monoisotopic (exact) mass is 536 g/mol. The fraction of sp³-hybridized carbons (Fsp3) is 0.310. The Bertz CT molecular complexity index is 1560. The van der Waals surface area contributed by atoms with Crippen LogP contribution in [0.4, 0.5) is 17.6 Å². The third-order valence-corrected chi connectivity index (χ3v) is 6.86. The van der Waals surface area contributed by atoms with Gasteiger partial charge >= 0.3 is 6.18 Å². The maximum Gasteiger partial charge on any atom is 0.416 e. The summed E-state index contributed by atoms with van der Waals surface area (Å²) in [6, 6.07) is 9.51. The molecule has 6 rings (SSSR count). The Balaban J connectivity index is 1.17. The van der Waals surface area contributed by atoms with E-state index in [1.54, 1.807) is 18.6 Å². The number of alkyl halides is 3. The van der Waals surface area contributed by atoms with Crippen LogP contribution in [-0.4, -0.2) is 34.2 Å². The predicted octanol–water partition coefficient (Wildman–Crippen LogP) is 5.50. The molecule has 4 aromatic rings. The van der Waals surface area contributed by atoms with Crippen LogP contribution in [0.5, 0.6) is 11.5 Å². The van der Waals surface area contributed by atoms with Crippen LogP contribution >= 0.6 is 0 Å². The predicted molar refractivity (Wildman–Crippen MR) is 136 cm³/mol. The molecule has 39 heavy (non-hydrogen) atoms. The first-order valence-electron chi connectivity index (χ1n) is 12.7. The van der Waals surface area contributed by atoms with Crippen molar-refractivity contribution in [3.63, 3.8) is 0 Å².